The van der Waals surface area contributed by atoms with Crippen molar-refractivity contribution in [2.75, 3.05) is 18.4 Å². The van der Waals surface area contributed by atoms with Crippen LogP contribution in [-0.4, -0.2) is 19.0 Å². The molecule has 1 aromatic rings. The molecule has 19 heavy (non-hydrogen) atoms. The SMILES string of the molecule is CCC1(C(=O)Nc2cc(Br)ccc2Cl)CCNCC1. The lowest BCUT2D eigenvalue weighted by Gasteiger charge is -2.35. The van der Waals surface area contributed by atoms with E-state index in [0.717, 1.165) is 36.8 Å². The van der Waals surface area contributed by atoms with E-state index in [1.165, 1.54) is 0 Å². The number of rotatable bonds is 3. The molecule has 1 saturated heterocycles. The van der Waals surface area contributed by atoms with Crippen molar-refractivity contribution in [2.24, 2.45) is 5.41 Å². The van der Waals surface area contributed by atoms with Gasteiger partial charge in [0.2, 0.25) is 5.91 Å². The zero-order valence-corrected chi connectivity index (χ0v) is 13.3. The average Bonchev–Trinajstić information content (AvgIpc) is 2.43. The maximum absolute atomic E-state index is 12.6. The normalized spacial score (nSPS) is 18.1. The zero-order valence-electron chi connectivity index (χ0n) is 10.9. The fourth-order valence-electron chi connectivity index (χ4n) is 2.49. The molecule has 1 aliphatic rings. The van der Waals surface area contributed by atoms with E-state index in [9.17, 15) is 4.79 Å². The maximum Gasteiger partial charge on any atom is 0.230 e. The number of amides is 1. The van der Waals surface area contributed by atoms with Crippen molar-refractivity contribution < 1.29 is 4.79 Å². The Morgan fingerprint density at radius 2 is 2.16 bits per heavy atom. The summed E-state index contributed by atoms with van der Waals surface area (Å²) in [5.74, 6) is 0.0801. The van der Waals surface area contributed by atoms with Gasteiger partial charge in [0.15, 0.2) is 0 Å². The second kappa shape index (κ2) is 6.25. The van der Waals surface area contributed by atoms with Gasteiger partial charge in [0.25, 0.3) is 0 Å². The van der Waals surface area contributed by atoms with Crippen LogP contribution >= 0.6 is 27.5 Å². The molecular formula is C14H18BrClN2O. The van der Waals surface area contributed by atoms with E-state index in [1.54, 1.807) is 6.07 Å². The summed E-state index contributed by atoms with van der Waals surface area (Å²) in [6, 6.07) is 5.48. The standard InChI is InChI=1S/C14H18BrClN2O/c1-2-14(5-7-17-8-6-14)13(19)18-12-9-10(15)3-4-11(12)16/h3-4,9,17H,2,5-8H2,1H3,(H,18,19). The molecule has 0 bridgehead atoms. The minimum absolute atomic E-state index is 0.0801. The number of benzene rings is 1. The van der Waals surface area contributed by atoms with Crippen molar-refractivity contribution in [1.82, 2.24) is 5.32 Å². The van der Waals surface area contributed by atoms with Crippen LogP contribution in [0.5, 0.6) is 0 Å². The van der Waals surface area contributed by atoms with Gasteiger partial charge in [-0.15, -0.1) is 0 Å². The summed E-state index contributed by atoms with van der Waals surface area (Å²) in [6.07, 6.45) is 2.61. The predicted molar refractivity (Wildman–Crippen MR) is 82.6 cm³/mol. The molecule has 0 aliphatic carbocycles. The van der Waals surface area contributed by atoms with Crippen molar-refractivity contribution in [1.29, 1.82) is 0 Å². The number of carbonyl (C=O) groups is 1. The molecule has 1 aromatic carbocycles. The summed E-state index contributed by atoms with van der Waals surface area (Å²) in [5, 5.41) is 6.85. The van der Waals surface area contributed by atoms with Gasteiger partial charge in [-0.05, 0) is 50.6 Å². The monoisotopic (exact) mass is 344 g/mol. The van der Waals surface area contributed by atoms with E-state index < -0.39 is 0 Å². The van der Waals surface area contributed by atoms with Crippen molar-refractivity contribution in [2.45, 2.75) is 26.2 Å². The summed E-state index contributed by atoms with van der Waals surface area (Å²) in [6.45, 7) is 3.87. The van der Waals surface area contributed by atoms with Crippen molar-refractivity contribution in [3.8, 4) is 0 Å². The average molecular weight is 346 g/mol. The first-order chi connectivity index (χ1) is 9.07. The highest BCUT2D eigenvalue weighted by atomic mass is 79.9. The number of hydrogen-bond donors (Lipinski definition) is 2. The quantitative estimate of drug-likeness (QED) is 0.874. The number of piperidine rings is 1. The second-order valence-electron chi connectivity index (χ2n) is 4.96. The molecule has 2 rings (SSSR count). The Morgan fingerprint density at radius 1 is 1.47 bits per heavy atom. The Morgan fingerprint density at radius 3 is 2.79 bits per heavy atom. The molecule has 1 fully saturated rings. The summed E-state index contributed by atoms with van der Waals surface area (Å²) < 4.78 is 0.906. The first-order valence-electron chi connectivity index (χ1n) is 6.54. The molecule has 0 aromatic heterocycles. The molecule has 104 valence electrons. The zero-order chi connectivity index (χ0) is 13.9. The Bertz CT molecular complexity index is 473. The van der Waals surface area contributed by atoms with Gasteiger partial charge >= 0.3 is 0 Å². The van der Waals surface area contributed by atoms with Crippen LogP contribution in [0.1, 0.15) is 26.2 Å². The topological polar surface area (TPSA) is 41.1 Å². The van der Waals surface area contributed by atoms with Gasteiger partial charge in [0.05, 0.1) is 16.1 Å². The predicted octanol–water partition coefficient (Wildman–Crippen LogP) is 3.82. The number of nitrogens with one attached hydrogen (secondary N) is 2. The minimum Gasteiger partial charge on any atom is -0.324 e. The van der Waals surface area contributed by atoms with Gasteiger partial charge < -0.3 is 10.6 Å². The molecule has 1 aliphatic heterocycles. The van der Waals surface area contributed by atoms with Gasteiger partial charge in [0.1, 0.15) is 0 Å². The fraction of sp³-hybridized carbons (Fsp3) is 0.500. The molecule has 0 saturated carbocycles. The van der Waals surface area contributed by atoms with E-state index >= 15 is 0 Å². The van der Waals surface area contributed by atoms with Crippen molar-refractivity contribution in [3.63, 3.8) is 0 Å². The third-order valence-corrected chi connectivity index (χ3v) is 4.72. The third-order valence-electron chi connectivity index (χ3n) is 3.90. The summed E-state index contributed by atoms with van der Waals surface area (Å²) in [4.78, 5) is 12.6. The van der Waals surface area contributed by atoms with E-state index in [2.05, 4.69) is 33.5 Å². The molecule has 3 nitrogen and oxygen atoms in total. The third kappa shape index (κ3) is 3.30. The van der Waals surface area contributed by atoms with Gasteiger partial charge in [-0.1, -0.05) is 34.5 Å². The molecule has 2 N–H and O–H groups in total. The largest absolute Gasteiger partial charge is 0.324 e. The van der Waals surface area contributed by atoms with Crippen LogP contribution in [0.2, 0.25) is 5.02 Å². The Labute approximate surface area is 127 Å². The number of hydrogen-bond acceptors (Lipinski definition) is 2. The van der Waals surface area contributed by atoms with Crippen LogP contribution < -0.4 is 10.6 Å². The van der Waals surface area contributed by atoms with Gasteiger partial charge in [0, 0.05) is 4.47 Å². The van der Waals surface area contributed by atoms with Crippen LogP contribution in [0, 0.1) is 5.41 Å². The van der Waals surface area contributed by atoms with E-state index in [4.69, 9.17) is 11.6 Å². The lowest BCUT2D eigenvalue weighted by atomic mass is 9.76. The van der Waals surface area contributed by atoms with Gasteiger partial charge in [-0.3, -0.25) is 4.79 Å². The highest BCUT2D eigenvalue weighted by molar-refractivity contribution is 9.10. The molecule has 0 atom stereocenters. The first-order valence-corrected chi connectivity index (χ1v) is 7.72. The Hall–Kier alpha value is -0.580. The van der Waals surface area contributed by atoms with Crippen LogP contribution in [-0.2, 0) is 4.79 Å². The Kier molecular flexibility index (Phi) is 4.87. The molecular weight excluding hydrogens is 328 g/mol. The molecule has 1 heterocycles. The smallest absolute Gasteiger partial charge is 0.230 e. The number of carbonyl (C=O) groups excluding carboxylic acids is 1. The molecule has 0 spiro atoms. The van der Waals surface area contributed by atoms with Crippen LogP contribution in [0.4, 0.5) is 5.69 Å². The highest BCUT2D eigenvalue weighted by Crippen LogP contribution is 2.35. The van der Waals surface area contributed by atoms with E-state index in [-0.39, 0.29) is 11.3 Å². The first kappa shape index (κ1) is 14.8. The second-order valence-corrected chi connectivity index (χ2v) is 6.29. The Balaban J connectivity index is 2.17. The lowest BCUT2D eigenvalue weighted by Crippen LogP contribution is -2.44. The highest BCUT2D eigenvalue weighted by Gasteiger charge is 2.37. The maximum atomic E-state index is 12.6. The number of anilines is 1. The minimum atomic E-state index is -0.267. The molecule has 0 radical (unpaired) electrons. The van der Waals surface area contributed by atoms with Crippen LogP contribution in [0.3, 0.4) is 0 Å². The fourth-order valence-corrected chi connectivity index (χ4v) is 3.02. The van der Waals surface area contributed by atoms with Crippen LogP contribution in [0.25, 0.3) is 0 Å². The lowest BCUT2D eigenvalue weighted by molar-refractivity contribution is -0.127. The number of halogens is 2. The molecule has 1 amide bonds. The van der Waals surface area contributed by atoms with E-state index in [1.807, 2.05) is 12.1 Å². The van der Waals surface area contributed by atoms with Gasteiger partial charge in [-0.2, -0.15) is 0 Å². The van der Waals surface area contributed by atoms with Gasteiger partial charge in [-0.25, -0.2) is 0 Å². The summed E-state index contributed by atoms with van der Waals surface area (Å²) >= 11 is 9.51. The summed E-state index contributed by atoms with van der Waals surface area (Å²) in [7, 11) is 0. The molecule has 5 heteroatoms. The van der Waals surface area contributed by atoms with Crippen molar-refractivity contribution in [3.05, 3.63) is 27.7 Å². The van der Waals surface area contributed by atoms with Crippen LogP contribution in [0.15, 0.2) is 22.7 Å². The molecule has 0 unspecified atom stereocenters. The van der Waals surface area contributed by atoms with Crippen molar-refractivity contribution >= 4 is 39.1 Å². The van der Waals surface area contributed by atoms with E-state index in [0.29, 0.717) is 10.7 Å². The summed E-state index contributed by atoms with van der Waals surface area (Å²) in [5.41, 5.74) is 0.407.